The summed E-state index contributed by atoms with van der Waals surface area (Å²) in [5, 5.41) is 23.5. The van der Waals surface area contributed by atoms with Crippen LogP contribution in [0.1, 0.15) is 29.7 Å². The molecule has 1 atom stereocenters. The number of carbonyl (C=O) groups excluding carboxylic acids is 2. The van der Waals surface area contributed by atoms with Crippen molar-refractivity contribution < 1.29 is 24.4 Å². The lowest BCUT2D eigenvalue weighted by atomic mass is 9.95. The van der Waals surface area contributed by atoms with Gasteiger partial charge >= 0.3 is 0 Å². The van der Waals surface area contributed by atoms with E-state index in [0.717, 1.165) is 16.5 Å². The maximum absolute atomic E-state index is 13.3. The number of aliphatic hydroxyl groups excluding tert-OH is 1. The van der Waals surface area contributed by atoms with E-state index in [1.807, 2.05) is 37.4 Å². The predicted molar refractivity (Wildman–Crippen MR) is 142 cm³/mol. The summed E-state index contributed by atoms with van der Waals surface area (Å²) in [7, 11) is 0. The summed E-state index contributed by atoms with van der Waals surface area (Å²) < 4.78 is 5.46. The Labute approximate surface area is 218 Å². The van der Waals surface area contributed by atoms with Gasteiger partial charge in [0.25, 0.3) is 17.4 Å². The number of carbonyl (C=O) groups is 2. The molecule has 1 aliphatic rings. The molecular weight excluding hydrogens is 486 g/mol. The predicted octanol–water partition coefficient (Wildman–Crippen LogP) is 5.14. The highest BCUT2D eigenvalue weighted by Crippen LogP contribution is 2.40. The molecule has 1 fully saturated rings. The summed E-state index contributed by atoms with van der Waals surface area (Å²) >= 11 is 0. The minimum atomic E-state index is -0.910. The van der Waals surface area contributed by atoms with Gasteiger partial charge in [0.15, 0.2) is 0 Å². The molecule has 5 rings (SSSR count). The van der Waals surface area contributed by atoms with Crippen LogP contribution in [0, 0.1) is 10.1 Å². The molecule has 0 unspecified atom stereocenters. The van der Waals surface area contributed by atoms with Crippen molar-refractivity contribution in [2.24, 2.45) is 0 Å². The number of aliphatic hydroxyl groups is 1. The Morgan fingerprint density at radius 3 is 2.45 bits per heavy atom. The molecule has 2 N–H and O–H groups in total. The molecule has 192 valence electrons. The molecule has 0 saturated carbocycles. The van der Waals surface area contributed by atoms with Crippen molar-refractivity contribution in [1.82, 2.24) is 9.88 Å². The number of nitro benzene ring substituents is 1. The molecule has 1 aromatic heterocycles. The second kappa shape index (κ2) is 10.2. The van der Waals surface area contributed by atoms with Crippen LogP contribution < -0.4 is 4.74 Å². The smallest absolute Gasteiger partial charge is 0.295 e. The van der Waals surface area contributed by atoms with Crippen LogP contribution in [-0.2, 0) is 16.0 Å². The van der Waals surface area contributed by atoms with E-state index in [4.69, 9.17) is 4.74 Å². The number of nitrogens with one attached hydrogen (secondary N) is 1. The monoisotopic (exact) mass is 511 g/mol. The minimum absolute atomic E-state index is 0.0630. The van der Waals surface area contributed by atoms with Crippen LogP contribution in [0.2, 0.25) is 0 Å². The Hall–Kier alpha value is -4.92. The number of para-hydroxylation sites is 1. The van der Waals surface area contributed by atoms with Crippen LogP contribution in [-0.4, -0.2) is 44.8 Å². The third kappa shape index (κ3) is 4.50. The van der Waals surface area contributed by atoms with Gasteiger partial charge in [-0.2, -0.15) is 0 Å². The van der Waals surface area contributed by atoms with Gasteiger partial charge in [0.1, 0.15) is 11.5 Å². The van der Waals surface area contributed by atoms with Gasteiger partial charge in [-0.3, -0.25) is 19.7 Å². The van der Waals surface area contributed by atoms with Crippen molar-refractivity contribution in [1.29, 1.82) is 0 Å². The SMILES string of the molecule is CCOc1ccc(C(O)=C2C(=O)C(=O)N(CCc3c[nH]c4ccccc34)[C@H]2c2ccc([N+](=O)[O-])cc2)cc1. The molecular formula is C29H25N3O6. The highest BCUT2D eigenvalue weighted by atomic mass is 16.6. The zero-order chi connectivity index (χ0) is 26.8. The summed E-state index contributed by atoms with van der Waals surface area (Å²) in [4.78, 5) is 41.9. The number of amides is 1. The van der Waals surface area contributed by atoms with Crippen LogP contribution in [0.25, 0.3) is 16.7 Å². The highest BCUT2D eigenvalue weighted by molar-refractivity contribution is 6.46. The molecule has 9 heteroatoms. The van der Waals surface area contributed by atoms with Gasteiger partial charge in [-0.25, -0.2) is 0 Å². The van der Waals surface area contributed by atoms with E-state index in [2.05, 4.69) is 4.98 Å². The molecule has 9 nitrogen and oxygen atoms in total. The molecule has 1 aliphatic heterocycles. The van der Waals surface area contributed by atoms with Gasteiger partial charge in [0.2, 0.25) is 0 Å². The molecule has 1 amide bonds. The lowest BCUT2D eigenvalue weighted by Gasteiger charge is -2.25. The van der Waals surface area contributed by atoms with Crippen molar-refractivity contribution in [2.45, 2.75) is 19.4 Å². The first kappa shape index (κ1) is 24.8. The van der Waals surface area contributed by atoms with Crippen LogP contribution in [0.3, 0.4) is 0 Å². The minimum Gasteiger partial charge on any atom is -0.507 e. The number of rotatable bonds is 8. The number of hydrogen-bond donors (Lipinski definition) is 2. The molecule has 2 heterocycles. The summed E-state index contributed by atoms with van der Waals surface area (Å²) in [6.07, 6.45) is 2.34. The van der Waals surface area contributed by atoms with Gasteiger partial charge in [0, 0.05) is 41.3 Å². The average molecular weight is 512 g/mol. The van der Waals surface area contributed by atoms with Gasteiger partial charge in [-0.1, -0.05) is 18.2 Å². The van der Waals surface area contributed by atoms with E-state index in [1.165, 1.54) is 29.2 Å². The maximum atomic E-state index is 13.3. The van der Waals surface area contributed by atoms with Gasteiger partial charge in [0.05, 0.1) is 23.1 Å². The lowest BCUT2D eigenvalue weighted by molar-refractivity contribution is -0.384. The van der Waals surface area contributed by atoms with Gasteiger partial charge in [-0.05, 0) is 66.9 Å². The lowest BCUT2D eigenvalue weighted by Crippen LogP contribution is -2.31. The standard InChI is InChI=1S/C29H25N3O6/c1-2-38-22-13-9-19(10-14-22)27(33)25-26(18-7-11-21(12-8-18)32(36)37)31(29(35)28(25)34)16-15-20-17-30-24-6-4-3-5-23(20)24/h3-14,17,26,30,33H,2,15-16H2,1H3/t26-/m0/s1. The van der Waals surface area contributed by atoms with E-state index in [1.54, 1.807) is 24.3 Å². The normalized spacial score (nSPS) is 16.8. The topological polar surface area (TPSA) is 126 Å². The van der Waals surface area contributed by atoms with E-state index < -0.39 is 22.7 Å². The second-order valence-corrected chi connectivity index (χ2v) is 8.91. The number of hydrogen-bond acceptors (Lipinski definition) is 6. The Balaban J connectivity index is 1.55. The Morgan fingerprint density at radius 2 is 1.76 bits per heavy atom. The fourth-order valence-corrected chi connectivity index (χ4v) is 4.85. The maximum Gasteiger partial charge on any atom is 0.295 e. The number of H-pyrrole nitrogens is 1. The summed E-state index contributed by atoms with van der Waals surface area (Å²) in [5.74, 6) is -1.25. The van der Waals surface area contributed by atoms with E-state index >= 15 is 0 Å². The van der Waals surface area contributed by atoms with E-state index in [9.17, 15) is 24.8 Å². The number of non-ortho nitro benzene ring substituents is 1. The van der Waals surface area contributed by atoms with Crippen molar-refractivity contribution in [3.63, 3.8) is 0 Å². The summed E-state index contributed by atoms with van der Waals surface area (Å²) in [6.45, 7) is 2.54. The first-order valence-electron chi connectivity index (χ1n) is 12.2. The number of Topliss-reactive ketones (excluding diaryl/α,β-unsaturated/α-hetero) is 1. The number of nitrogens with zero attached hydrogens (tertiary/aromatic N) is 2. The van der Waals surface area contributed by atoms with Crippen molar-refractivity contribution in [3.05, 3.63) is 111 Å². The number of nitro groups is 1. The van der Waals surface area contributed by atoms with Crippen LogP contribution in [0.15, 0.2) is 84.6 Å². The van der Waals surface area contributed by atoms with Gasteiger partial charge in [-0.15, -0.1) is 0 Å². The molecule has 0 aliphatic carbocycles. The zero-order valence-corrected chi connectivity index (χ0v) is 20.6. The quantitative estimate of drug-likeness (QED) is 0.111. The molecule has 0 spiro atoms. The molecule has 0 bridgehead atoms. The van der Waals surface area contributed by atoms with Crippen LogP contribution in [0.4, 0.5) is 5.69 Å². The Bertz CT molecular complexity index is 1550. The number of aromatic amines is 1. The van der Waals surface area contributed by atoms with Crippen LogP contribution in [0.5, 0.6) is 5.75 Å². The van der Waals surface area contributed by atoms with Crippen molar-refractivity contribution >= 4 is 34.0 Å². The third-order valence-electron chi connectivity index (χ3n) is 6.70. The number of ketones is 1. The van der Waals surface area contributed by atoms with Gasteiger partial charge < -0.3 is 19.7 Å². The number of likely N-dealkylation sites (tertiary alicyclic amines) is 1. The fourth-order valence-electron chi connectivity index (χ4n) is 4.85. The van der Waals surface area contributed by atoms with E-state index in [-0.39, 0.29) is 23.6 Å². The van der Waals surface area contributed by atoms with Crippen molar-refractivity contribution in [2.75, 3.05) is 13.2 Å². The Kier molecular flexibility index (Phi) is 6.66. The number of fused-ring (bicyclic) bond motifs is 1. The number of ether oxygens (including phenoxy) is 1. The molecule has 4 aromatic rings. The van der Waals surface area contributed by atoms with Crippen molar-refractivity contribution in [3.8, 4) is 5.75 Å². The molecule has 38 heavy (non-hydrogen) atoms. The van der Waals surface area contributed by atoms with Crippen LogP contribution >= 0.6 is 0 Å². The number of benzene rings is 3. The first-order valence-corrected chi connectivity index (χ1v) is 12.2. The van der Waals surface area contributed by atoms with E-state index in [0.29, 0.717) is 29.9 Å². The second-order valence-electron chi connectivity index (χ2n) is 8.91. The molecule has 1 saturated heterocycles. The largest absolute Gasteiger partial charge is 0.507 e. The summed E-state index contributed by atoms with van der Waals surface area (Å²) in [5.41, 5.74) is 2.61. The highest BCUT2D eigenvalue weighted by Gasteiger charge is 2.46. The fraction of sp³-hybridized carbons (Fsp3) is 0.172. The first-order chi connectivity index (χ1) is 18.4. The molecule has 0 radical (unpaired) electrons. The molecule has 3 aromatic carbocycles. The average Bonchev–Trinajstić information content (AvgIpc) is 3.46. The third-order valence-corrected chi connectivity index (χ3v) is 6.70. The number of aromatic nitrogens is 1. The zero-order valence-electron chi connectivity index (χ0n) is 20.6. The Morgan fingerprint density at radius 1 is 1.05 bits per heavy atom. The summed E-state index contributed by atoms with van der Waals surface area (Å²) in [6, 6.07) is 19.1.